The molecule has 4 aromatic rings. The summed E-state index contributed by atoms with van der Waals surface area (Å²) in [6.07, 6.45) is 1.33. The Labute approximate surface area is 200 Å². The molecule has 0 radical (unpaired) electrons. The second-order valence-corrected chi connectivity index (χ2v) is 8.88. The lowest BCUT2D eigenvalue weighted by Gasteiger charge is -2.13. The first kappa shape index (κ1) is 25.0. The minimum atomic E-state index is 0.126. The Morgan fingerprint density at radius 1 is 0.848 bits per heavy atom. The minimum absolute atomic E-state index is 0.126. The molecule has 33 heavy (non-hydrogen) atoms. The van der Waals surface area contributed by atoms with Crippen LogP contribution < -0.4 is 5.43 Å². The topological polar surface area (TPSA) is 40.5 Å². The number of aromatic nitrogens is 1. The number of pyridine rings is 1. The Morgan fingerprint density at radius 2 is 1.42 bits per heavy atom. The van der Waals surface area contributed by atoms with Gasteiger partial charge in [0, 0.05) is 37.3 Å². The quantitative estimate of drug-likeness (QED) is 0.232. The number of fused-ring (bicyclic) bond motifs is 2. The molecule has 0 saturated heterocycles. The van der Waals surface area contributed by atoms with Gasteiger partial charge in [0.25, 0.3) is 0 Å². The molecule has 0 saturated carbocycles. The van der Waals surface area contributed by atoms with Crippen LogP contribution in [0.1, 0.15) is 12.5 Å². The summed E-state index contributed by atoms with van der Waals surface area (Å²) in [6.45, 7) is 3.64. The molecule has 0 aliphatic rings. The Balaban J connectivity index is 0.000000186. The maximum Gasteiger partial charge on any atom is 0.197 e. The fourth-order valence-electron chi connectivity index (χ4n) is 3.84. The van der Waals surface area contributed by atoms with E-state index in [0.29, 0.717) is 6.61 Å². The Bertz CT molecular complexity index is 1130. The highest BCUT2D eigenvalue weighted by atomic mass is 32.2. The summed E-state index contributed by atoms with van der Waals surface area (Å²) < 4.78 is 12.6. The standard InChI is InChI=1S/C15H13NO.C13H20O2S/c1-2-16-13-9-5-3-7-11(13)15(17)12-8-4-6-10-14(12)16;1-14-10-13(15-2)11-16-9-8-12-6-4-3-5-7-12/h3-10H,2H2,1H3;3-7,13H,8-11H2,1-2H3. The van der Waals surface area contributed by atoms with Crippen LogP contribution in [0.25, 0.3) is 21.8 Å². The lowest BCUT2D eigenvalue weighted by molar-refractivity contribution is 0.0430. The average molecular weight is 464 g/mol. The third-order valence-corrected chi connectivity index (χ3v) is 6.66. The minimum Gasteiger partial charge on any atom is -0.382 e. The summed E-state index contributed by atoms with van der Waals surface area (Å²) in [6, 6.07) is 26.2. The maximum atomic E-state index is 12.3. The Kier molecular flexibility index (Phi) is 10.0. The van der Waals surface area contributed by atoms with Crippen LogP contribution >= 0.6 is 11.8 Å². The van der Waals surface area contributed by atoms with Crippen LogP contribution in [-0.4, -0.2) is 43.0 Å². The van der Waals surface area contributed by atoms with Gasteiger partial charge in [-0.3, -0.25) is 4.79 Å². The summed E-state index contributed by atoms with van der Waals surface area (Å²) in [5, 5.41) is 1.60. The van der Waals surface area contributed by atoms with E-state index in [4.69, 9.17) is 9.47 Å². The van der Waals surface area contributed by atoms with E-state index in [-0.39, 0.29) is 11.5 Å². The van der Waals surface area contributed by atoms with E-state index in [1.807, 2.05) is 60.3 Å². The maximum absolute atomic E-state index is 12.3. The Morgan fingerprint density at radius 3 is 1.97 bits per heavy atom. The van der Waals surface area contributed by atoms with E-state index in [1.54, 1.807) is 14.2 Å². The monoisotopic (exact) mass is 463 g/mol. The van der Waals surface area contributed by atoms with Gasteiger partial charge >= 0.3 is 0 Å². The van der Waals surface area contributed by atoms with Gasteiger partial charge in [0.1, 0.15) is 0 Å². The zero-order valence-electron chi connectivity index (χ0n) is 19.7. The number of rotatable bonds is 9. The molecule has 1 unspecified atom stereocenters. The van der Waals surface area contributed by atoms with Gasteiger partial charge < -0.3 is 14.0 Å². The summed E-state index contributed by atoms with van der Waals surface area (Å²) in [4.78, 5) is 12.3. The van der Waals surface area contributed by atoms with Crippen molar-refractivity contribution in [2.75, 3.05) is 32.3 Å². The predicted octanol–water partition coefficient (Wildman–Crippen LogP) is 5.80. The molecule has 0 bridgehead atoms. The van der Waals surface area contributed by atoms with Crippen molar-refractivity contribution < 1.29 is 9.47 Å². The normalized spacial score (nSPS) is 11.8. The first-order chi connectivity index (χ1) is 16.2. The molecule has 5 heteroatoms. The van der Waals surface area contributed by atoms with E-state index in [9.17, 15) is 4.79 Å². The van der Waals surface area contributed by atoms with Gasteiger partial charge in [-0.05, 0) is 48.9 Å². The van der Waals surface area contributed by atoms with E-state index in [2.05, 4.69) is 41.8 Å². The second-order valence-electron chi connectivity index (χ2n) is 7.73. The van der Waals surface area contributed by atoms with Crippen molar-refractivity contribution >= 4 is 33.6 Å². The Hall–Kier alpha value is -2.60. The molecule has 0 N–H and O–H groups in total. The first-order valence-electron chi connectivity index (χ1n) is 11.3. The summed E-state index contributed by atoms with van der Waals surface area (Å²) in [5.41, 5.74) is 3.55. The first-order valence-corrected chi connectivity index (χ1v) is 12.5. The number of aryl methyl sites for hydroxylation is 2. The van der Waals surface area contributed by atoms with Crippen molar-refractivity contribution in [3.63, 3.8) is 0 Å². The molecule has 4 rings (SSSR count). The van der Waals surface area contributed by atoms with Crippen LogP contribution in [0.2, 0.25) is 0 Å². The number of hydrogen-bond acceptors (Lipinski definition) is 4. The van der Waals surface area contributed by atoms with Crippen LogP contribution in [0.5, 0.6) is 0 Å². The van der Waals surface area contributed by atoms with Crippen LogP contribution in [0.15, 0.2) is 83.7 Å². The van der Waals surface area contributed by atoms with Gasteiger partial charge in [0.15, 0.2) is 5.43 Å². The molecule has 4 nitrogen and oxygen atoms in total. The SMILES string of the molecule is CCn1c2ccccc2c(=O)c2ccccc21.COCC(CSCCc1ccccc1)OC. The van der Waals surface area contributed by atoms with Crippen molar-refractivity contribution in [2.45, 2.75) is 26.0 Å². The average Bonchev–Trinajstić information content (AvgIpc) is 2.87. The predicted molar refractivity (Wildman–Crippen MR) is 142 cm³/mol. The fraction of sp³-hybridized carbons (Fsp3) is 0.321. The van der Waals surface area contributed by atoms with E-state index in [1.165, 1.54) is 5.56 Å². The van der Waals surface area contributed by atoms with Crippen molar-refractivity contribution in [3.05, 3.63) is 94.6 Å². The van der Waals surface area contributed by atoms with Crippen LogP contribution in [-0.2, 0) is 22.4 Å². The number of hydrogen-bond donors (Lipinski definition) is 0. The fourth-order valence-corrected chi connectivity index (χ4v) is 4.88. The number of nitrogens with zero attached hydrogens (tertiary/aromatic N) is 1. The lowest BCUT2D eigenvalue weighted by Crippen LogP contribution is -2.20. The highest BCUT2D eigenvalue weighted by Crippen LogP contribution is 2.18. The van der Waals surface area contributed by atoms with Gasteiger partial charge in [-0.2, -0.15) is 11.8 Å². The summed E-state index contributed by atoms with van der Waals surface area (Å²) in [7, 11) is 3.45. The zero-order valence-corrected chi connectivity index (χ0v) is 20.5. The van der Waals surface area contributed by atoms with E-state index >= 15 is 0 Å². The van der Waals surface area contributed by atoms with E-state index in [0.717, 1.165) is 46.3 Å². The molecule has 0 fully saturated rings. The van der Waals surface area contributed by atoms with Crippen LogP contribution in [0.4, 0.5) is 0 Å². The number of benzene rings is 3. The molecule has 0 aliphatic heterocycles. The largest absolute Gasteiger partial charge is 0.382 e. The molecular formula is C28H33NO3S. The van der Waals surface area contributed by atoms with Crippen LogP contribution in [0.3, 0.4) is 0 Å². The molecule has 174 valence electrons. The second kappa shape index (κ2) is 13.2. The zero-order chi connectivity index (χ0) is 23.5. The van der Waals surface area contributed by atoms with Gasteiger partial charge in [0.2, 0.25) is 0 Å². The number of ether oxygens (including phenoxy) is 2. The lowest BCUT2D eigenvalue weighted by atomic mass is 10.1. The molecule has 1 atom stereocenters. The number of thioether (sulfide) groups is 1. The highest BCUT2D eigenvalue weighted by molar-refractivity contribution is 7.99. The number of para-hydroxylation sites is 2. The summed E-state index contributed by atoms with van der Waals surface area (Å²) in [5.74, 6) is 2.13. The molecule has 0 aliphatic carbocycles. The van der Waals surface area contributed by atoms with Crippen molar-refractivity contribution in [2.24, 2.45) is 0 Å². The van der Waals surface area contributed by atoms with Gasteiger partial charge in [0.05, 0.1) is 23.7 Å². The van der Waals surface area contributed by atoms with Crippen molar-refractivity contribution in [3.8, 4) is 0 Å². The summed E-state index contributed by atoms with van der Waals surface area (Å²) >= 11 is 1.92. The molecule has 0 amide bonds. The van der Waals surface area contributed by atoms with Gasteiger partial charge in [-0.15, -0.1) is 0 Å². The highest BCUT2D eigenvalue weighted by Gasteiger charge is 2.08. The van der Waals surface area contributed by atoms with Gasteiger partial charge in [-0.25, -0.2) is 0 Å². The molecule has 0 spiro atoms. The molecular weight excluding hydrogens is 430 g/mol. The molecule has 1 aromatic heterocycles. The smallest absolute Gasteiger partial charge is 0.197 e. The third-order valence-electron chi connectivity index (χ3n) is 5.56. The van der Waals surface area contributed by atoms with Gasteiger partial charge in [-0.1, -0.05) is 54.6 Å². The third kappa shape index (κ3) is 6.70. The number of methoxy groups -OCH3 is 2. The van der Waals surface area contributed by atoms with Crippen molar-refractivity contribution in [1.29, 1.82) is 0 Å². The van der Waals surface area contributed by atoms with E-state index < -0.39 is 0 Å². The molecule has 1 heterocycles. The van der Waals surface area contributed by atoms with Crippen LogP contribution in [0, 0.1) is 0 Å². The van der Waals surface area contributed by atoms with Crippen molar-refractivity contribution in [1.82, 2.24) is 4.57 Å². The molecule has 3 aromatic carbocycles.